The summed E-state index contributed by atoms with van der Waals surface area (Å²) in [5, 5.41) is -0.103. The van der Waals surface area contributed by atoms with Gasteiger partial charge < -0.3 is 9.30 Å². The summed E-state index contributed by atoms with van der Waals surface area (Å²) >= 11 is 0. The molecule has 0 aliphatic rings. The summed E-state index contributed by atoms with van der Waals surface area (Å²) in [5.41, 5.74) is 0. The van der Waals surface area contributed by atoms with Crippen molar-refractivity contribution >= 4 is 19.7 Å². The Kier molecular flexibility index (Phi) is 4.35. The Hall–Kier alpha value is -0.590. The van der Waals surface area contributed by atoms with Crippen LogP contribution in [0.2, 0.25) is 0 Å². The average Bonchev–Trinajstić information content (AvgIpc) is 2.57. The predicted octanol–water partition coefficient (Wildman–Crippen LogP) is 1.58. The first-order chi connectivity index (χ1) is 7.36. The molecule has 0 N–H and O–H groups in total. The van der Waals surface area contributed by atoms with Gasteiger partial charge in [-0.25, -0.2) is 13.4 Å². The van der Waals surface area contributed by atoms with E-state index >= 15 is 0 Å². The van der Waals surface area contributed by atoms with Gasteiger partial charge in [0.15, 0.2) is 5.03 Å². The Morgan fingerprint density at radius 1 is 1.56 bits per heavy atom. The number of ether oxygens (including phenoxy) is 1. The van der Waals surface area contributed by atoms with Gasteiger partial charge in [0, 0.05) is 36.5 Å². The molecule has 7 heteroatoms. The molecular weight excluding hydrogens is 252 g/mol. The third-order valence-electron chi connectivity index (χ3n) is 2.09. The van der Waals surface area contributed by atoms with Crippen molar-refractivity contribution in [1.29, 1.82) is 0 Å². The quantitative estimate of drug-likeness (QED) is 0.759. The smallest absolute Gasteiger partial charge is 0.280 e. The SMILES string of the molecule is COCCn1cc(S(=O)(=O)Cl)nc1C(C)C. The van der Waals surface area contributed by atoms with Crippen molar-refractivity contribution in [3.8, 4) is 0 Å². The lowest BCUT2D eigenvalue weighted by Gasteiger charge is -2.08. The van der Waals surface area contributed by atoms with Gasteiger partial charge in [0.05, 0.1) is 6.61 Å². The lowest BCUT2D eigenvalue weighted by atomic mass is 10.2. The minimum absolute atomic E-state index is 0.103. The highest BCUT2D eigenvalue weighted by Gasteiger charge is 2.19. The number of imidazole rings is 1. The molecule has 0 aliphatic carbocycles. The summed E-state index contributed by atoms with van der Waals surface area (Å²) in [5.74, 6) is 0.820. The van der Waals surface area contributed by atoms with Crippen molar-refractivity contribution in [3.63, 3.8) is 0 Å². The Morgan fingerprint density at radius 3 is 2.62 bits per heavy atom. The number of hydrogen-bond acceptors (Lipinski definition) is 4. The molecule has 0 aromatic carbocycles. The normalized spacial score (nSPS) is 12.3. The molecule has 16 heavy (non-hydrogen) atoms. The molecule has 0 saturated carbocycles. The zero-order valence-corrected chi connectivity index (χ0v) is 11.0. The minimum Gasteiger partial charge on any atom is -0.383 e. The van der Waals surface area contributed by atoms with E-state index in [1.165, 1.54) is 6.20 Å². The molecule has 0 atom stereocenters. The predicted molar refractivity (Wildman–Crippen MR) is 61.2 cm³/mol. The van der Waals surface area contributed by atoms with Gasteiger partial charge in [-0.05, 0) is 0 Å². The van der Waals surface area contributed by atoms with Crippen molar-refractivity contribution in [2.75, 3.05) is 13.7 Å². The molecule has 0 bridgehead atoms. The van der Waals surface area contributed by atoms with Crippen molar-refractivity contribution in [2.24, 2.45) is 0 Å². The standard InChI is InChI=1S/C9H15ClN2O3S/c1-7(2)9-11-8(16(10,13)14)6-12(9)4-5-15-3/h6-7H,4-5H2,1-3H3. The lowest BCUT2D eigenvalue weighted by Crippen LogP contribution is -2.08. The van der Waals surface area contributed by atoms with Gasteiger partial charge in [-0.15, -0.1) is 0 Å². The van der Waals surface area contributed by atoms with E-state index < -0.39 is 9.05 Å². The Balaban J connectivity index is 3.10. The molecule has 92 valence electrons. The summed E-state index contributed by atoms with van der Waals surface area (Å²) in [6.45, 7) is 4.94. The first-order valence-corrected chi connectivity index (χ1v) is 7.18. The van der Waals surface area contributed by atoms with E-state index in [0.717, 1.165) is 0 Å². The number of methoxy groups -OCH3 is 1. The fraction of sp³-hybridized carbons (Fsp3) is 0.667. The van der Waals surface area contributed by atoms with Gasteiger partial charge in [-0.1, -0.05) is 13.8 Å². The molecule has 0 unspecified atom stereocenters. The van der Waals surface area contributed by atoms with Crippen LogP contribution in [-0.2, 0) is 20.3 Å². The number of rotatable bonds is 5. The maximum atomic E-state index is 11.2. The maximum absolute atomic E-state index is 11.2. The summed E-state index contributed by atoms with van der Waals surface area (Å²) in [6.07, 6.45) is 1.44. The van der Waals surface area contributed by atoms with Crippen LogP contribution in [0.3, 0.4) is 0 Å². The van der Waals surface area contributed by atoms with Crippen molar-refractivity contribution < 1.29 is 13.2 Å². The van der Waals surface area contributed by atoms with Gasteiger partial charge in [0.1, 0.15) is 5.82 Å². The molecule has 0 aliphatic heterocycles. The van der Waals surface area contributed by atoms with Gasteiger partial charge >= 0.3 is 0 Å². The Labute approximate surface area is 99.8 Å². The topological polar surface area (TPSA) is 61.2 Å². The number of nitrogens with zero attached hydrogens (tertiary/aromatic N) is 2. The van der Waals surface area contributed by atoms with Crippen LogP contribution < -0.4 is 0 Å². The molecule has 0 spiro atoms. The molecular formula is C9H15ClN2O3S. The van der Waals surface area contributed by atoms with Crippen molar-refractivity contribution in [1.82, 2.24) is 9.55 Å². The monoisotopic (exact) mass is 266 g/mol. The minimum atomic E-state index is -3.76. The summed E-state index contributed by atoms with van der Waals surface area (Å²) in [4.78, 5) is 4.02. The van der Waals surface area contributed by atoms with Crippen molar-refractivity contribution in [2.45, 2.75) is 31.3 Å². The van der Waals surface area contributed by atoms with Gasteiger partial charge in [-0.2, -0.15) is 0 Å². The first kappa shape index (κ1) is 13.5. The van der Waals surface area contributed by atoms with Crippen LogP contribution in [0.25, 0.3) is 0 Å². The lowest BCUT2D eigenvalue weighted by molar-refractivity contribution is 0.186. The molecule has 0 saturated heterocycles. The number of hydrogen-bond donors (Lipinski definition) is 0. The zero-order valence-electron chi connectivity index (χ0n) is 9.47. The summed E-state index contributed by atoms with van der Waals surface area (Å²) in [6, 6.07) is 0. The second-order valence-corrected chi connectivity index (χ2v) is 6.23. The van der Waals surface area contributed by atoms with Crippen LogP contribution in [0.1, 0.15) is 25.6 Å². The van der Waals surface area contributed by atoms with E-state index in [1.807, 2.05) is 13.8 Å². The van der Waals surface area contributed by atoms with E-state index in [0.29, 0.717) is 19.0 Å². The molecule has 0 amide bonds. The van der Waals surface area contributed by atoms with Crippen LogP contribution in [0.15, 0.2) is 11.2 Å². The number of halogens is 1. The van der Waals surface area contributed by atoms with E-state index in [-0.39, 0.29) is 10.9 Å². The van der Waals surface area contributed by atoms with E-state index in [1.54, 1.807) is 11.7 Å². The van der Waals surface area contributed by atoms with Crippen molar-refractivity contribution in [3.05, 3.63) is 12.0 Å². The molecule has 1 aromatic heterocycles. The van der Waals surface area contributed by atoms with Crippen LogP contribution in [0.5, 0.6) is 0 Å². The highest BCUT2D eigenvalue weighted by atomic mass is 35.7. The zero-order chi connectivity index (χ0) is 12.3. The van der Waals surface area contributed by atoms with Crippen LogP contribution in [0, 0.1) is 0 Å². The first-order valence-electron chi connectivity index (χ1n) is 4.87. The molecule has 1 aromatic rings. The highest BCUT2D eigenvalue weighted by Crippen LogP contribution is 2.19. The number of aromatic nitrogens is 2. The van der Waals surface area contributed by atoms with Crippen LogP contribution >= 0.6 is 10.7 Å². The maximum Gasteiger partial charge on any atom is 0.280 e. The molecule has 0 radical (unpaired) electrons. The molecule has 5 nitrogen and oxygen atoms in total. The molecule has 1 heterocycles. The third kappa shape index (κ3) is 3.20. The van der Waals surface area contributed by atoms with Crippen LogP contribution in [0.4, 0.5) is 0 Å². The van der Waals surface area contributed by atoms with Gasteiger partial charge in [0.2, 0.25) is 0 Å². The molecule has 0 fully saturated rings. The molecule has 1 rings (SSSR count). The van der Waals surface area contributed by atoms with Gasteiger partial charge in [0.25, 0.3) is 9.05 Å². The van der Waals surface area contributed by atoms with Crippen LogP contribution in [-0.4, -0.2) is 31.7 Å². The second kappa shape index (κ2) is 5.16. The van der Waals surface area contributed by atoms with E-state index in [9.17, 15) is 8.42 Å². The fourth-order valence-electron chi connectivity index (χ4n) is 1.35. The Morgan fingerprint density at radius 2 is 2.19 bits per heavy atom. The third-order valence-corrected chi connectivity index (χ3v) is 3.26. The van der Waals surface area contributed by atoms with E-state index in [2.05, 4.69) is 4.98 Å². The largest absolute Gasteiger partial charge is 0.383 e. The van der Waals surface area contributed by atoms with Gasteiger partial charge in [-0.3, -0.25) is 0 Å². The Bertz CT molecular complexity index is 453. The average molecular weight is 267 g/mol. The summed E-state index contributed by atoms with van der Waals surface area (Å²) < 4.78 is 29.0. The fourth-order valence-corrected chi connectivity index (χ4v) is 2.03. The summed E-state index contributed by atoms with van der Waals surface area (Å²) in [7, 11) is 3.07. The highest BCUT2D eigenvalue weighted by molar-refractivity contribution is 8.13. The second-order valence-electron chi connectivity index (χ2n) is 3.72. The van der Waals surface area contributed by atoms with E-state index in [4.69, 9.17) is 15.4 Å².